The Morgan fingerprint density at radius 2 is 2.00 bits per heavy atom. The van der Waals surface area contributed by atoms with Gasteiger partial charge in [-0.15, -0.1) is 11.3 Å². The van der Waals surface area contributed by atoms with E-state index in [1.165, 1.54) is 17.7 Å². The predicted molar refractivity (Wildman–Crippen MR) is 87.5 cm³/mol. The van der Waals surface area contributed by atoms with Crippen LogP contribution >= 0.6 is 11.3 Å². The zero-order chi connectivity index (χ0) is 15.5. The average molecular weight is 313 g/mol. The standard InChI is InChI=1S/C16H15N3O2S/c1-10-4-3-5-11(2)14(10)19-13(20)8-21-15-12-6-7-22-16(12)18-9-17-15/h3-7,9H,8H2,1-2H3,(H,19,20). The van der Waals surface area contributed by atoms with Crippen molar-refractivity contribution in [2.75, 3.05) is 11.9 Å². The summed E-state index contributed by atoms with van der Waals surface area (Å²) in [5.74, 6) is 0.224. The van der Waals surface area contributed by atoms with Gasteiger partial charge in [-0.05, 0) is 36.4 Å². The molecule has 5 nitrogen and oxygen atoms in total. The fourth-order valence-electron chi connectivity index (χ4n) is 2.20. The van der Waals surface area contributed by atoms with Gasteiger partial charge in [0.2, 0.25) is 5.88 Å². The van der Waals surface area contributed by atoms with Gasteiger partial charge in [-0.25, -0.2) is 9.97 Å². The summed E-state index contributed by atoms with van der Waals surface area (Å²) < 4.78 is 5.53. The number of aromatic nitrogens is 2. The lowest BCUT2D eigenvalue weighted by Crippen LogP contribution is -2.21. The van der Waals surface area contributed by atoms with Crippen LogP contribution in [0.2, 0.25) is 0 Å². The molecule has 0 bridgehead atoms. The molecule has 0 spiro atoms. The Balaban J connectivity index is 1.69. The van der Waals surface area contributed by atoms with Crippen LogP contribution in [0, 0.1) is 13.8 Å². The van der Waals surface area contributed by atoms with Crippen molar-refractivity contribution in [3.05, 3.63) is 47.1 Å². The van der Waals surface area contributed by atoms with Crippen LogP contribution in [-0.2, 0) is 4.79 Å². The Morgan fingerprint density at radius 3 is 2.77 bits per heavy atom. The molecule has 0 radical (unpaired) electrons. The zero-order valence-corrected chi connectivity index (χ0v) is 13.1. The molecule has 0 aliphatic rings. The van der Waals surface area contributed by atoms with Crippen LogP contribution in [0.1, 0.15) is 11.1 Å². The number of anilines is 1. The number of carbonyl (C=O) groups is 1. The number of thiophene rings is 1. The Bertz CT molecular complexity index is 809. The second-order valence-electron chi connectivity index (χ2n) is 4.92. The fraction of sp³-hybridized carbons (Fsp3) is 0.188. The summed E-state index contributed by atoms with van der Waals surface area (Å²) in [6.07, 6.45) is 1.44. The van der Waals surface area contributed by atoms with Crippen LogP contribution in [0.25, 0.3) is 10.2 Å². The molecule has 6 heteroatoms. The van der Waals surface area contributed by atoms with Crippen LogP contribution in [0.4, 0.5) is 5.69 Å². The highest BCUT2D eigenvalue weighted by molar-refractivity contribution is 7.16. The molecule has 0 aliphatic carbocycles. The Morgan fingerprint density at radius 1 is 1.23 bits per heavy atom. The Hall–Kier alpha value is -2.47. The summed E-state index contributed by atoms with van der Waals surface area (Å²) in [5.41, 5.74) is 2.88. The maximum absolute atomic E-state index is 12.1. The minimum Gasteiger partial charge on any atom is -0.467 e. The van der Waals surface area contributed by atoms with Gasteiger partial charge in [-0.1, -0.05) is 18.2 Å². The van der Waals surface area contributed by atoms with E-state index in [2.05, 4.69) is 15.3 Å². The molecule has 0 atom stereocenters. The SMILES string of the molecule is Cc1cccc(C)c1NC(=O)COc1ncnc2sccc12. The molecule has 0 fully saturated rings. The fourth-order valence-corrected chi connectivity index (χ4v) is 2.93. The van der Waals surface area contributed by atoms with E-state index in [1.54, 1.807) is 0 Å². The second kappa shape index (κ2) is 6.11. The minimum atomic E-state index is -0.209. The topological polar surface area (TPSA) is 64.1 Å². The molecule has 112 valence electrons. The largest absolute Gasteiger partial charge is 0.467 e. The van der Waals surface area contributed by atoms with Gasteiger partial charge in [0.1, 0.15) is 11.2 Å². The summed E-state index contributed by atoms with van der Waals surface area (Å²) >= 11 is 1.51. The van der Waals surface area contributed by atoms with Gasteiger partial charge in [-0.2, -0.15) is 0 Å². The van der Waals surface area contributed by atoms with E-state index in [1.807, 2.05) is 43.5 Å². The Labute approximate surface area is 132 Å². The van der Waals surface area contributed by atoms with Crippen molar-refractivity contribution >= 4 is 33.1 Å². The number of aryl methyl sites for hydroxylation is 2. The highest BCUT2D eigenvalue weighted by Crippen LogP contribution is 2.25. The van der Waals surface area contributed by atoms with Gasteiger partial charge in [0.15, 0.2) is 6.61 Å². The van der Waals surface area contributed by atoms with Crippen molar-refractivity contribution in [2.24, 2.45) is 0 Å². The highest BCUT2D eigenvalue weighted by Gasteiger charge is 2.10. The lowest BCUT2D eigenvalue weighted by Gasteiger charge is -2.12. The van der Waals surface area contributed by atoms with Crippen molar-refractivity contribution in [1.29, 1.82) is 0 Å². The third-order valence-electron chi connectivity index (χ3n) is 3.31. The summed E-state index contributed by atoms with van der Waals surface area (Å²) in [5, 5.41) is 5.63. The third-order valence-corrected chi connectivity index (χ3v) is 4.13. The second-order valence-corrected chi connectivity index (χ2v) is 5.82. The van der Waals surface area contributed by atoms with Crippen LogP contribution < -0.4 is 10.1 Å². The zero-order valence-electron chi connectivity index (χ0n) is 12.3. The maximum atomic E-state index is 12.1. The maximum Gasteiger partial charge on any atom is 0.262 e. The monoisotopic (exact) mass is 313 g/mol. The molecule has 1 aromatic carbocycles. The summed E-state index contributed by atoms with van der Waals surface area (Å²) in [7, 11) is 0. The van der Waals surface area contributed by atoms with E-state index in [0.717, 1.165) is 27.0 Å². The summed E-state index contributed by atoms with van der Waals surface area (Å²) in [4.78, 5) is 21.2. The molecular weight excluding hydrogens is 298 g/mol. The van der Waals surface area contributed by atoms with Crippen LogP contribution in [0.15, 0.2) is 36.0 Å². The van der Waals surface area contributed by atoms with Gasteiger partial charge >= 0.3 is 0 Å². The highest BCUT2D eigenvalue weighted by atomic mass is 32.1. The van der Waals surface area contributed by atoms with Crippen molar-refractivity contribution in [3.63, 3.8) is 0 Å². The van der Waals surface area contributed by atoms with Crippen LogP contribution in [0.5, 0.6) is 5.88 Å². The van der Waals surface area contributed by atoms with E-state index < -0.39 is 0 Å². The molecule has 1 amide bonds. The molecule has 0 aliphatic heterocycles. The normalized spacial score (nSPS) is 10.6. The Kier molecular flexibility index (Phi) is 4.02. The number of amides is 1. The van der Waals surface area contributed by atoms with E-state index >= 15 is 0 Å². The van der Waals surface area contributed by atoms with Crippen LogP contribution in [0.3, 0.4) is 0 Å². The minimum absolute atomic E-state index is 0.0876. The van der Waals surface area contributed by atoms with Gasteiger partial charge in [-0.3, -0.25) is 4.79 Å². The number of nitrogens with one attached hydrogen (secondary N) is 1. The van der Waals surface area contributed by atoms with Gasteiger partial charge in [0, 0.05) is 5.69 Å². The quantitative estimate of drug-likeness (QED) is 0.802. The number of carbonyl (C=O) groups excluding carboxylic acids is 1. The number of rotatable bonds is 4. The van der Waals surface area contributed by atoms with E-state index in [4.69, 9.17) is 4.74 Å². The number of fused-ring (bicyclic) bond motifs is 1. The average Bonchev–Trinajstić information content (AvgIpc) is 2.98. The lowest BCUT2D eigenvalue weighted by molar-refractivity contribution is -0.118. The first-order chi connectivity index (χ1) is 10.6. The summed E-state index contributed by atoms with van der Waals surface area (Å²) in [6, 6.07) is 7.77. The third kappa shape index (κ3) is 2.92. The molecule has 1 N–H and O–H groups in total. The molecule has 3 aromatic rings. The first kappa shape index (κ1) is 14.5. The lowest BCUT2D eigenvalue weighted by atomic mass is 10.1. The molecule has 3 rings (SSSR count). The molecule has 0 saturated heterocycles. The molecule has 22 heavy (non-hydrogen) atoms. The molecule has 2 heterocycles. The van der Waals surface area contributed by atoms with Crippen molar-refractivity contribution in [3.8, 4) is 5.88 Å². The molecule has 0 saturated carbocycles. The smallest absolute Gasteiger partial charge is 0.262 e. The first-order valence-electron chi connectivity index (χ1n) is 6.82. The number of hydrogen-bond donors (Lipinski definition) is 1. The number of hydrogen-bond acceptors (Lipinski definition) is 5. The number of ether oxygens (including phenoxy) is 1. The molecule has 0 unspecified atom stereocenters. The molecule has 2 aromatic heterocycles. The van der Waals surface area contributed by atoms with Crippen molar-refractivity contribution in [1.82, 2.24) is 9.97 Å². The number of nitrogens with zero attached hydrogens (tertiary/aromatic N) is 2. The number of benzene rings is 1. The molecular formula is C16H15N3O2S. The van der Waals surface area contributed by atoms with Gasteiger partial charge in [0.05, 0.1) is 5.39 Å². The van der Waals surface area contributed by atoms with E-state index in [9.17, 15) is 4.79 Å². The van der Waals surface area contributed by atoms with Crippen molar-refractivity contribution < 1.29 is 9.53 Å². The predicted octanol–water partition coefficient (Wildman–Crippen LogP) is 3.33. The first-order valence-corrected chi connectivity index (χ1v) is 7.70. The van der Waals surface area contributed by atoms with Crippen LogP contribution in [-0.4, -0.2) is 22.5 Å². The number of para-hydroxylation sites is 1. The van der Waals surface area contributed by atoms with Gasteiger partial charge in [0.25, 0.3) is 5.91 Å². The summed E-state index contributed by atoms with van der Waals surface area (Å²) in [6.45, 7) is 3.83. The van der Waals surface area contributed by atoms with E-state index in [0.29, 0.717) is 5.88 Å². The van der Waals surface area contributed by atoms with Crippen molar-refractivity contribution in [2.45, 2.75) is 13.8 Å². The van der Waals surface area contributed by atoms with Gasteiger partial charge < -0.3 is 10.1 Å². The van der Waals surface area contributed by atoms with E-state index in [-0.39, 0.29) is 12.5 Å².